The van der Waals surface area contributed by atoms with Gasteiger partial charge in [0.25, 0.3) is 0 Å². The Balaban J connectivity index is 2.08. The smallest absolute Gasteiger partial charge is 0.165 e. The van der Waals surface area contributed by atoms with E-state index in [1.165, 1.54) is 5.69 Å². The minimum absolute atomic E-state index is 0.104. The maximum atomic E-state index is 12.1. The Morgan fingerprint density at radius 1 is 1.33 bits per heavy atom. The van der Waals surface area contributed by atoms with Gasteiger partial charge in [-0.1, -0.05) is 13.8 Å². The normalized spacial score (nSPS) is 17.8. The van der Waals surface area contributed by atoms with Crippen LogP contribution in [0.4, 0.5) is 0 Å². The Labute approximate surface area is 109 Å². The number of aryl methyl sites for hydroxylation is 1. The summed E-state index contributed by atoms with van der Waals surface area (Å²) in [5.74, 6) is 0.303. The third-order valence-corrected chi connectivity index (χ3v) is 3.66. The van der Waals surface area contributed by atoms with E-state index < -0.39 is 0 Å². The first-order valence-corrected chi connectivity index (χ1v) is 6.74. The van der Waals surface area contributed by atoms with Crippen molar-refractivity contribution in [2.75, 3.05) is 13.7 Å². The number of rotatable bonds is 5. The highest BCUT2D eigenvalue weighted by molar-refractivity contribution is 5.98. The minimum atomic E-state index is 0.104. The molecule has 0 aromatic carbocycles. The molecule has 0 atom stereocenters. The van der Waals surface area contributed by atoms with Gasteiger partial charge in [0.05, 0.1) is 0 Å². The van der Waals surface area contributed by atoms with Gasteiger partial charge in [0.1, 0.15) is 0 Å². The minimum Gasteiger partial charge on any atom is -0.385 e. The molecule has 0 bridgehead atoms. The first-order chi connectivity index (χ1) is 8.53. The Morgan fingerprint density at radius 2 is 2.11 bits per heavy atom. The van der Waals surface area contributed by atoms with Gasteiger partial charge in [-0.05, 0) is 30.7 Å². The average molecular weight is 249 g/mol. The van der Waals surface area contributed by atoms with Crippen molar-refractivity contribution in [2.45, 2.75) is 46.1 Å². The Kier molecular flexibility index (Phi) is 3.91. The topological polar surface area (TPSA) is 31.2 Å². The van der Waals surface area contributed by atoms with Crippen LogP contribution in [0.15, 0.2) is 12.3 Å². The predicted octanol–water partition coefficient (Wildman–Crippen LogP) is 3.07. The fraction of sp³-hybridized carbons (Fsp3) is 0.667. The average Bonchev–Trinajstić information content (AvgIpc) is 2.66. The quantitative estimate of drug-likeness (QED) is 0.751. The van der Waals surface area contributed by atoms with Gasteiger partial charge in [0.2, 0.25) is 0 Å². The lowest BCUT2D eigenvalue weighted by molar-refractivity contribution is 0.0910. The molecule has 0 aliphatic heterocycles. The number of ether oxygens (including phenoxy) is 1. The summed E-state index contributed by atoms with van der Waals surface area (Å²) in [5, 5.41) is 0. The summed E-state index contributed by atoms with van der Waals surface area (Å²) in [7, 11) is 1.73. The van der Waals surface area contributed by atoms with Crippen LogP contribution in [0.25, 0.3) is 0 Å². The van der Waals surface area contributed by atoms with Crippen LogP contribution in [-0.4, -0.2) is 24.1 Å². The van der Waals surface area contributed by atoms with Crippen LogP contribution >= 0.6 is 0 Å². The van der Waals surface area contributed by atoms with Gasteiger partial charge in [-0.3, -0.25) is 4.79 Å². The molecule has 3 heteroatoms. The zero-order chi connectivity index (χ0) is 13.2. The van der Waals surface area contributed by atoms with Crippen LogP contribution in [0.2, 0.25) is 0 Å². The second kappa shape index (κ2) is 5.27. The Hall–Kier alpha value is -1.09. The van der Waals surface area contributed by atoms with E-state index in [2.05, 4.69) is 24.6 Å². The third-order valence-electron chi connectivity index (χ3n) is 3.66. The van der Waals surface area contributed by atoms with Gasteiger partial charge in [0.15, 0.2) is 5.78 Å². The number of fused-ring (bicyclic) bond motifs is 1. The monoisotopic (exact) mass is 249 g/mol. The predicted molar refractivity (Wildman–Crippen MR) is 72.0 cm³/mol. The molecule has 100 valence electrons. The standard InChI is InChI=1S/C15H23NO2/c1-15(2)10-13-12(14(17)11-15)6-8-16(13)7-4-5-9-18-3/h6,8H,4-5,7,9-11H2,1-3H3. The van der Waals surface area contributed by atoms with Crippen LogP contribution in [0.1, 0.15) is 49.2 Å². The number of ketones is 1. The van der Waals surface area contributed by atoms with Crippen molar-refractivity contribution < 1.29 is 9.53 Å². The maximum Gasteiger partial charge on any atom is 0.165 e. The Morgan fingerprint density at radius 3 is 2.83 bits per heavy atom. The van der Waals surface area contributed by atoms with Gasteiger partial charge >= 0.3 is 0 Å². The summed E-state index contributed by atoms with van der Waals surface area (Å²) in [5.41, 5.74) is 2.28. The molecule has 0 saturated heterocycles. The lowest BCUT2D eigenvalue weighted by Gasteiger charge is -2.29. The summed E-state index contributed by atoms with van der Waals surface area (Å²) >= 11 is 0. The molecule has 0 radical (unpaired) electrons. The molecule has 2 rings (SSSR count). The van der Waals surface area contributed by atoms with Gasteiger partial charge < -0.3 is 9.30 Å². The molecule has 3 nitrogen and oxygen atoms in total. The second-order valence-corrected chi connectivity index (χ2v) is 6.01. The summed E-state index contributed by atoms with van der Waals surface area (Å²) in [6.45, 7) is 6.15. The van der Waals surface area contributed by atoms with E-state index in [0.29, 0.717) is 12.2 Å². The number of carbonyl (C=O) groups is 1. The van der Waals surface area contributed by atoms with Crippen molar-refractivity contribution in [3.05, 3.63) is 23.5 Å². The van der Waals surface area contributed by atoms with E-state index in [-0.39, 0.29) is 5.41 Å². The molecule has 1 aliphatic rings. The van der Waals surface area contributed by atoms with Crippen molar-refractivity contribution in [1.29, 1.82) is 0 Å². The number of unbranched alkanes of at least 4 members (excludes halogenated alkanes) is 1. The number of Topliss-reactive ketones (excluding diaryl/α,β-unsaturated/α-hetero) is 1. The first kappa shape index (κ1) is 13.3. The molecule has 0 fully saturated rings. The van der Waals surface area contributed by atoms with E-state index in [1.54, 1.807) is 7.11 Å². The number of aromatic nitrogens is 1. The largest absolute Gasteiger partial charge is 0.385 e. The SMILES string of the molecule is COCCCCn1ccc2c1CC(C)(C)CC2=O. The number of methoxy groups -OCH3 is 1. The van der Waals surface area contributed by atoms with Crippen molar-refractivity contribution in [1.82, 2.24) is 4.57 Å². The highest BCUT2D eigenvalue weighted by atomic mass is 16.5. The maximum absolute atomic E-state index is 12.1. The lowest BCUT2D eigenvalue weighted by Crippen LogP contribution is -2.28. The molecule has 0 spiro atoms. The van der Waals surface area contributed by atoms with Crippen molar-refractivity contribution in [3.63, 3.8) is 0 Å². The van der Waals surface area contributed by atoms with E-state index in [4.69, 9.17) is 4.74 Å². The molecule has 0 unspecified atom stereocenters. The van der Waals surface area contributed by atoms with Crippen molar-refractivity contribution in [2.24, 2.45) is 5.41 Å². The van der Waals surface area contributed by atoms with Crippen LogP contribution in [0, 0.1) is 5.41 Å². The molecular formula is C15H23NO2. The fourth-order valence-electron chi connectivity index (χ4n) is 2.74. The molecule has 0 amide bonds. The molecule has 1 aromatic heterocycles. The van der Waals surface area contributed by atoms with Gasteiger partial charge in [-0.25, -0.2) is 0 Å². The van der Waals surface area contributed by atoms with Gasteiger partial charge in [0, 0.05) is 44.1 Å². The number of carbonyl (C=O) groups excluding carboxylic acids is 1. The van der Waals surface area contributed by atoms with Gasteiger partial charge in [-0.2, -0.15) is 0 Å². The first-order valence-electron chi connectivity index (χ1n) is 6.74. The number of hydrogen-bond acceptors (Lipinski definition) is 2. The second-order valence-electron chi connectivity index (χ2n) is 6.01. The number of hydrogen-bond donors (Lipinski definition) is 0. The number of nitrogens with zero attached hydrogens (tertiary/aromatic N) is 1. The van der Waals surface area contributed by atoms with E-state index >= 15 is 0 Å². The van der Waals surface area contributed by atoms with E-state index in [1.807, 2.05) is 6.07 Å². The fourth-order valence-corrected chi connectivity index (χ4v) is 2.74. The molecule has 1 aromatic rings. The van der Waals surface area contributed by atoms with Crippen LogP contribution in [-0.2, 0) is 17.7 Å². The molecule has 0 N–H and O–H groups in total. The molecule has 18 heavy (non-hydrogen) atoms. The van der Waals surface area contributed by atoms with Crippen LogP contribution < -0.4 is 0 Å². The van der Waals surface area contributed by atoms with E-state index in [0.717, 1.165) is 38.0 Å². The van der Waals surface area contributed by atoms with Crippen molar-refractivity contribution in [3.8, 4) is 0 Å². The van der Waals surface area contributed by atoms with Crippen molar-refractivity contribution >= 4 is 5.78 Å². The van der Waals surface area contributed by atoms with E-state index in [9.17, 15) is 4.79 Å². The highest BCUT2D eigenvalue weighted by Gasteiger charge is 2.32. The summed E-state index contributed by atoms with van der Waals surface area (Å²) in [6, 6.07) is 1.99. The summed E-state index contributed by atoms with van der Waals surface area (Å²) in [4.78, 5) is 12.1. The zero-order valence-corrected chi connectivity index (χ0v) is 11.7. The lowest BCUT2D eigenvalue weighted by atomic mass is 9.76. The third kappa shape index (κ3) is 2.83. The van der Waals surface area contributed by atoms with Gasteiger partial charge in [-0.15, -0.1) is 0 Å². The Bertz CT molecular complexity index is 432. The van der Waals surface area contributed by atoms with Crippen LogP contribution in [0.5, 0.6) is 0 Å². The van der Waals surface area contributed by atoms with Crippen LogP contribution in [0.3, 0.4) is 0 Å². The highest BCUT2D eigenvalue weighted by Crippen LogP contribution is 2.35. The molecule has 0 saturated carbocycles. The summed E-state index contributed by atoms with van der Waals surface area (Å²) < 4.78 is 7.31. The molecular weight excluding hydrogens is 226 g/mol. The summed E-state index contributed by atoms with van der Waals surface area (Å²) in [6.07, 6.45) is 5.92. The molecule has 1 aliphatic carbocycles. The molecule has 1 heterocycles. The zero-order valence-electron chi connectivity index (χ0n) is 11.7.